The molecule has 0 spiro atoms. The number of halogens is 1. The van der Waals surface area contributed by atoms with Crippen LogP contribution in [0.1, 0.15) is 28.3 Å². The molecule has 1 saturated heterocycles. The average Bonchev–Trinajstić information content (AvgIpc) is 3.32. The molecule has 0 bridgehead atoms. The zero-order chi connectivity index (χ0) is 23.3. The van der Waals surface area contributed by atoms with E-state index in [0.717, 1.165) is 21.3 Å². The highest BCUT2D eigenvalue weighted by Crippen LogP contribution is 2.44. The van der Waals surface area contributed by atoms with Crippen molar-refractivity contribution >= 4 is 44.1 Å². The van der Waals surface area contributed by atoms with Gasteiger partial charge in [0.1, 0.15) is 11.6 Å². The normalized spacial score (nSPS) is 17.8. The van der Waals surface area contributed by atoms with E-state index in [-0.39, 0.29) is 16.9 Å². The van der Waals surface area contributed by atoms with E-state index < -0.39 is 23.5 Å². The number of anilines is 1. The Kier molecular flexibility index (Phi) is 5.06. The quantitative estimate of drug-likeness (QED) is 0.244. The number of ketones is 1. The average molecular weight is 459 g/mol. The number of hydrogen-bond donors (Lipinski definition) is 1. The maximum atomic E-state index is 13.4. The maximum Gasteiger partial charge on any atom is 0.301 e. The van der Waals surface area contributed by atoms with Gasteiger partial charge in [0.2, 0.25) is 0 Å². The minimum absolute atomic E-state index is 0.0501. The van der Waals surface area contributed by atoms with E-state index in [1.807, 2.05) is 56.3 Å². The summed E-state index contributed by atoms with van der Waals surface area (Å²) in [6.07, 6.45) is 0. The molecule has 164 valence electrons. The summed E-state index contributed by atoms with van der Waals surface area (Å²) in [5.74, 6) is -2.39. The number of fused-ring (bicyclic) bond motifs is 1. The molecule has 4 aromatic rings. The predicted octanol–water partition coefficient (Wildman–Crippen LogP) is 5.68. The number of hydrogen-bond acceptors (Lipinski definition) is 5. The van der Waals surface area contributed by atoms with Crippen LogP contribution in [0.4, 0.5) is 9.52 Å². The van der Waals surface area contributed by atoms with Crippen LogP contribution in [0.5, 0.6) is 0 Å². The lowest BCUT2D eigenvalue weighted by molar-refractivity contribution is -0.132. The van der Waals surface area contributed by atoms with Crippen LogP contribution in [0.3, 0.4) is 0 Å². The highest BCUT2D eigenvalue weighted by atomic mass is 32.1. The lowest BCUT2D eigenvalue weighted by atomic mass is 9.95. The Morgan fingerprint density at radius 3 is 2.33 bits per heavy atom. The molecule has 1 amide bonds. The summed E-state index contributed by atoms with van der Waals surface area (Å²) in [4.78, 5) is 32.4. The topological polar surface area (TPSA) is 70.5 Å². The van der Waals surface area contributed by atoms with Gasteiger partial charge in [-0.1, -0.05) is 47.2 Å². The maximum absolute atomic E-state index is 13.4. The summed E-state index contributed by atoms with van der Waals surface area (Å²) < 4.78 is 14.3. The first-order valence-corrected chi connectivity index (χ1v) is 11.2. The summed E-state index contributed by atoms with van der Waals surface area (Å²) in [7, 11) is 0. The Hall–Kier alpha value is -3.84. The van der Waals surface area contributed by atoms with Gasteiger partial charge in [0, 0.05) is 5.56 Å². The molecule has 3 aromatic carbocycles. The second-order valence-electron chi connectivity index (χ2n) is 8.05. The standard InChI is InChI=1S/C26H19FN2O3S/c1-14-3-6-16(7-4-14)22-21(23(30)17-8-10-18(27)11-9-17)24(31)25(32)29(22)26-28-19-12-5-15(2)13-20(19)33-26/h3-13,22,30H,1-2H3/t22-/m1/s1. The monoisotopic (exact) mass is 458 g/mol. The molecule has 0 radical (unpaired) electrons. The number of carbonyl (C=O) groups excluding carboxylic acids is 2. The van der Waals surface area contributed by atoms with Crippen LogP contribution < -0.4 is 4.90 Å². The van der Waals surface area contributed by atoms with E-state index in [2.05, 4.69) is 4.98 Å². The number of aliphatic hydroxyl groups is 1. The molecule has 2 heterocycles. The van der Waals surface area contributed by atoms with E-state index in [4.69, 9.17) is 0 Å². The van der Waals surface area contributed by atoms with E-state index in [0.29, 0.717) is 10.7 Å². The van der Waals surface area contributed by atoms with Crippen molar-refractivity contribution in [3.63, 3.8) is 0 Å². The molecule has 0 saturated carbocycles. The van der Waals surface area contributed by atoms with Crippen LogP contribution in [0.2, 0.25) is 0 Å². The predicted molar refractivity (Wildman–Crippen MR) is 127 cm³/mol. The molecule has 1 atom stereocenters. The van der Waals surface area contributed by atoms with Crippen molar-refractivity contribution < 1.29 is 19.1 Å². The van der Waals surface area contributed by atoms with E-state index in [1.165, 1.54) is 40.5 Å². The Morgan fingerprint density at radius 1 is 0.970 bits per heavy atom. The summed E-state index contributed by atoms with van der Waals surface area (Å²) in [6.45, 7) is 3.91. The zero-order valence-electron chi connectivity index (χ0n) is 17.9. The Bertz CT molecular complexity index is 1440. The van der Waals surface area contributed by atoms with E-state index in [9.17, 15) is 19.1 Å². The molecule has 1 aliphatic heterocycles. The van der Waals surface area contributed by atoms with Crippen molar-refractivity contribution in [1.82, 2.24) is 4.98 Å². The fourth-order valence-corrected chi connectivity index (χ4v) is 5.07. The van der Waals surface area contributed by atoms with Gasteiger partial charge in [0.25, 0.3) is 5.78 Å². The van der Waals surface area contributed by atoms with Crippen LogP contribution in [0.25, 0.3) is 16.0 Å². The number of carbonyl (C=O) groups is 2. The van der Waals surface area contributed by atoms with Crippen molar-refractivity contribution in [1.29, 1.82) is 0 Å². The molecule has 1 aliphatic rings. The number of aliphatic hydroxyl groups excluding tert-OH is 1. The van der Waals surface area contributed by atoms with Crippen molar-refractivity contribution in [3.05, 3.63) is 100 Å². The van der Waals surface area contributed by atoms with Crippen molar-refractivity contribution in [2.24, 2.45) is 0 Å². The second-order valence-corrected chi connectivity index (χ2v) is 9.06. The molecule has 7 heteroatoms. The van der Waals surface area contributed by atoms with Gasteiger partial charge < -0.3 is 5.11 Å². The lowest BCUT2D eigenvalue weighted by Gasteiger charge is -2.23. The summed E-state index contributed by atoms with van der Waals surface area (Å²) in [5, 5.41) is 11.4. The fraction of sp³-hybridized carbons (Fsp3) is 0.115. The third kappa shape index (κ3) is 3.60. The van der Waals surface area contributed by atoms with Crippen LogP contribution in [-0.2, 0) is 9.59 Å². The molecule has 0 aliphatic carbocycles. The first-order chi connectivity index (χ1) is 15.8. The minimum Gasteiger partial charge on any atom is -0.507 e. The molecule has 0 unspecified atom stereocenters. The largest absolute Gasteiger partial charge is 0.507 e. The molecule has 1 aromatic heterocycles. The van der Waals surface area contributed by atoms with Gasteiger partial charge in [-0.15, -0.1) is 0 Å². The number of thiazole rings is 1. The van der Waals surface area contributed by atoms with Gasteiger partial charge in [-0.3, -0.25) is 14.5 Å². The molecule has 5 nitrogen and oxygen atoms in total. The highest BCUT2D eigenvalue weighted by Gasteiger charge is 2.48. The van der Waals surface area contributed by atoms with Gasteiger partial charge in [0.15, 0.2) is 5.13 Å². The molecule has 1 fully saturated rings. The first kappa shape index (κ1) is 21.0. The molecule has 1 N–H and O–H groups in total. The van der Waals surface area contributed by atoms with Gasteiger partial charge in [0.05, 0.1) is 21.8 Å². The molecule has 5 rings (SSSR count). The van der Waals surface area contributed by atoms with Gasteiger partial charge in [-0.25, -0.2) is 9.37 Å². The van der Waals surface area contributed by atoms with Crippen LogP contribution in [0.15, 0.2) is 72.3 Å². The van der Waals surface area contributed by atoms with Gasteiger partial charge in [-0.05, 0) is 61.4 Å². The van der Waals surface area contributed by atoms with Crippen LogP contribution >= 0.6 is 11.3 Å². The minimum atomic E-state index is -0.864. The number of rotatable bonds is 3. The first-order valence-electron chi connectivity index (χ1n) is 10.3. The van der Waals surface area contributed by atoms with Gasteiger partial charge >= 0.3 is 5.91 Å². The third-order valence-electron chi connectivity index (χ3n) is 5.69. The highest BCUT2D eigenvalue weighted by molar-refractivity contribution is 7.22. The Morgan fingerprint density at radius 2 is 1.64 bits per heavy atom. The lowest BCUT2D eigenvalue weighted by Crippen LogP contribution is -2.29. The summed E-state index contributed by atoms with van der Waals surface area (Å²) in [6, 6.07) is 17.5. The Balaban J connectivity index is 1.73. The number of aromatic nitrogens is 1. The molecule has 33 heavy (non-hydrogen) atoms. The number of nitrogens with zero attached hydrogens (tertiary/aromatic N) is 2. The van der Waals surface area contributed by atoms with Crippen molar-refractivity contribution in [2.45, 2.75) is 19.9 Å². The SMILES string of the molecule is Cc1ccc([C@@H]2C(=C(O)c3ccc(F)cc3)C(=O)C(=O)N2c2nc3ccc(C)cc3s2)cc1. The van der Waals surface area contributed by atoms with Crippen molar-refractivity contribution in [2.75, 3.05) is 4.90 Å². The number of Topliss-reactive ketones (excluding diaryl/α,β-unsaturated/α-hetero) is 1. The van der Waals surface area contributed by atoms with Crippen LogP contribution in [0, 0.1) is 19.7 Å². The third-order valence-corrected chi connectivity index (χ3v) is 6.71. The Labute approximate surface area is 193 Å². The number of amides is 1. The fourth-order valence-electron chi connectivity index (χ4n) is 3.98. The van der Waals surface area contributed by atoms with Crippen LogP contribution in [-0.4, -0.2) is 21.8 Å². The number of aryl methyl sites for hydroxylation is 2. The molecular formula is C26H19FN2O3S. The van der Waals surface area contributed by atoms with Crippen molar-refractivity contribution in [3.8, 4) is 0 Å². The van der Waals surface area contributed by atoms with E-state index in [1.54, 1.807) is 0 Å². The second kappa shape index (κ2) is 7.94. The molecular weight excluding hydrogens is 439 g/mol. The smallest absolute Gasteiger partial charge is 0.301 e. The van der Waals surface area contributed by atoms with Gasteiger partial charge in [-0.2, -0.15) is 0 Å². The number of benzene rings is 3. The summed E-state index contributed by atoms with van der Waals surface area (Å²) in [5.41, 5.74) is 3.68. The van der Waals surface area contributed by atoms with E-state index >= 15 is 0 Å². The zero-order valence-corrected chi connectivity index (χ0v) is 18.7. The summed E-state index contributed by atoms with van der Waals surface area (Å²) >= 11 is 1.32.